The maximum Gasteiger partial charge on any atom is 0.307 e. The first kappa shape index (κ1) is 14.3. The number of carboxylic acids is 1. The molecule has 0 heterocycles. The van der Waals surface area contributed by atoms with Crippen molar-refractivity contribution in [2.75, 3.05) is 0 Å². The molecule has 0 aliphatic heterocycles. The molecular weight excluding hydrogens is 334 g/mol. The van der Waals surface area contributed by atoms with Gasteiger partial charge in [-0.3, -0.25) is 9.59 Å². The number of benzene rings is 1. The van der Waals surface area contributed by atoms with Gasteiger partial charge >= 0.3 is 5.97 Å². The van der Waals surface area contributed by atoms with Crippen LogP contribution in [0.3, 0.4) is 0 Å². The summed E-state index contributed by atoms with van der Waals surface area (Å²) in [5, 5.41) is 12.2. The second-order valence-electron chi connectivity index (χ2n) is 5.69. The molecule has 1 aromatic carbocycles. The van der Waals surface area contributed by atoms with E-state index in [1.54, 1.807) is 0 Å². The summed E-state index contributed by atoms with van der Waals surface area (Å²) in [6.45, 7) is 0.419. The third-order valence-corrected chi connectivity index (χ3v) is 4.90. The summed E-state index contributed by atoms with van der Waals surface area (Å²) in [5.41, 5.74) is 0.989. The summed E-state index contributed by atoms with van der Waals surface area (Å²) < 4.78 is 0.959. The van der Waals surface area contributed by atoms with Crippen LogP contribution in [0.2, 0.25) is 0 Å². The predicted octanol–water partition coefficient (Wildman–Crippen LogP) is 2.59. The van der Waals surface area contributed by atoms with Gasteiger partial charge in [0.05, 0.1) is 11.8 Å². The lowest BCUT2D eigenvalue weighted by Crippen LogP contribution is -2.39. The van der Waals surface area contributed by atoms with E-state index >= 15 is 0 Å². The topological polar surface area (TPSA) is 66.4 Å². The van der Waals surface area contributed by atoms with Crippen molar-refractivity contribution in [1.82, 2.24) is 5.32 Å². The molecule has 2 unspecified atom stereocenters. The van der Waals surface area contributed by atoms with Crippen LogP contribution in [0.15, 0.2) is 40.9 Å². The van der Waals surface area contributed by atoms with Crippen molar-refractivity contribution >= 4 is 27.8 Å². The van der Waals surface area contributed by atoms with Crippen LogP contribution >= 0.6 is 15.9 Å². The van der Waals surface area contributed by atoms with Crippen molar-refractivity contribution in [1.29, 1.82) is 0 Å². The van der Waals surface area contributed by atoms with E-state index < -0.39 is 17.8 Å². The van der Waals surface area contributed by atoms with E-state index in [2.05, 4.69) is 21.2 Å². The van der Waals surface area contributed by atoms with Crippen LogP contribution in [0.25, 0.3) is 0 Å². The first-order valence-electron chi connectivity index (χ1n) is 6.99. The maximum absolute atomic E-state index is 12.4. The van der Waals surface area contributed by atoms with Crippen LogP contribution in [0.1, 0.15) is 12.0 Å². The van der Waals surface area contributed by atoms with Gasteiger partial charge in [-0.25, -0.2) is 0 Å². The molecule has 0 aromatic heterocycles. The number of aliphatic carboxylic acids is 1. The smallest absolute Gasteiger partial charge is 0.307 e. The molecule has 21 heavy (non-hydrogen) atoms. The Kier molecular flexibility index (Phi) is 3.85. The summed E-state index contributed by atoms with van der Waals surface area (Å²) in [6.07, 6.45) is 4.72. The van der Waals surface area contributed by atoms with Gasteiger partial charge in [0.15, 0.2) is 0 Å². The van der Waals surface area contributed by atoms with Gasteiger partial charge in [-0.2, -0.15) is 0 Å². The lowest BCUT2D eigenvalue weighted by atomic mass is 9.82. The summed E-state index contributed by atoms with van der Waals surface area (Å²) in [4.78, 5) is 23.8. The summed E-state index contributed by atoms with van der Waals surface area (Å²) in [6, 6.07) is 7.70. The minimum Gasteiger partial charge on any atom is -0.481 e. The molecule has 5 heteroatoms. The normalized spacial score (nSPS) is 29.6. The first-order chi connectivity index (χ1) is 10.1. The van der Waals surface area contributed by atoms with Crippen molar-refractivity contribution in [3.8, 4) is 0 Å². The number of nitrogens with one attached hydrogen (secondary N) is 1. The molecule has 1 amide bonds. The van der Waals surface area contributed by atoms with E-state index in [-0.39, 0.29) is 17.7 Å². The second-order valence-corrected chi connectivity index (χ2v) is 6.60. The quantitative estimate of drug-likeness (QED) is 0.821. The minimum absolute atomic E-state index is 0.00844. The Morgan fingerprint density at radius 3 is 2.62 bits per heavy atom. The molecule has 2 aliphatic carbocycles. The third kappa shape index (κ3) is 2.75. The maximum atomic E-state index is 12.4. The average Bonchev–Trinajstić information content (AvgIpc) is 3.05. The van der Waals surface area contributed by atoms with Crippen LogP contribution in [0.4, 0.5) is 0 Å². The standard InChI is InChI=1S/C16H16BrNO3/c17-12-3-1-2-9(6-12)8-18-15(19)13-10-4-5-11(7-10)14(13)16(20)21/h1-6,10-11,13-14H,7-8H2,(H,18,19)(H,20,21)/t10?,11?,13-,14+/m0/s1. The summed E-state index contributed by atoms with van der Waals surface area (Å²) in [5.74, 6) is -1.96. The fourth-order valence-corrected chi connectivity index (χ4v) is 3.92. The Labute approximate surface area is 131 Å². The Balaban J connectivity index is 1.68. The zero-order valence-corrected chi connectivity index (χ0v) is 12.9. The van der Waals surface area contributed by atoms with Gasteiger partial charge in [0, 0.05) is 11.0 Å². The highest BCUT2D eigenvalue weighted by Gasteiger charge is 2.51. The molecule has 1 aromatic rings. The van der Waals surface area contributed by atoms with Gasteiger partial charge in [0.25, 0.3) is 0 Å². The molecule has 1 fully saturated rings. The fraction of sp³-hybridized carbons (Fsp3) is 0.375. The summed E-state index contributed by atoms with van der Waals surface area (Å²) >= 11 is 3.39. The Bertz CT molecular complexity index is 613. The number of hydrogen-bond donors (Lipinski definition) is 2. The monoisotopic (exact) mass is 349 g/mol. The van der Waals surface area contributed by atoms with Gasteiger partial charge in [-0.05, 0) is 36.0 Å². The van der Waals surface area contributed by atoms with Crippen molar-refractivity contribution in [3.05, 3.63) is 46.5 Å². The lowest BCUT2D eigenvalue weighted by molar-refractivity contribution is -0.147. The molecule has 4 nitrogen and oxygen atoms in total. The predicted molar refractivity (Wildman–Crippen MR) is 81.3 cm³/mol. The second kappa shape index (κ2) is 5.64. The van der Waals surface area contributed by atoms with Crippen LogP contribution in [0, 0.1) is 23.7 Å². The number of carbonyl (C=O) groups is 2. The highest BCUT2D eigenvalue weighted by atomic mass is 79.9. The lowest BCUT2D eigenvalue weighted by Gasteiger charge is -2.23. The minimum atomic E-state index is -0.866. The molecule has 110 valence electrons. The first-order valence-corrected chi connectivity index (χ1v) is 7.79. The molecular formula is C16H16BrNO3. The molecule has 2 bridgehead atoms. The SMILES string of the molecule is O=C(O)[C@@H]1C2C=CC(C2)[C@@H]1C(=O)NCc1cccc(Br)c1. The largest absolute Gasteiger partial charge is 0.481 e. The number of carbonyl (C=O) groups excluding carboxylic acids is 1. The summed E-state index contributed by atoms with van der Waals surface area (Å²) in [7, 11) is 0. The fourth-order valence-electron chi connectivity index (χ4n) is 3.47. The van der Waals surface area contributed by atoms with Gasteiger partial charge < -0.3 is 10.4 Å². The van der Waals surface area contributed by atoms with E-state index in [0.29, 0.717) is 6.54 Å². The van der Waals surface area contributed by atoms with Crippen molar-refractivity contribution in [2.24, 2.45) is 23.7 Å². The van der Waals surface area contributed by atoms with Crippen molar-refractivity contribution < 1.29 is 14.7 Å². The van der Waals surface area contributed by atoms with E-state index in [9.17, 15) is 14.7 Å². The average molecular weight is 350 g/mol. The van der Waals surface area contributed by atoms with Crippen LogP contribution in [0.5, 0.6) is 0 Å². The molecule has 0 spiro atoms. The van der Waals surface area contributed by atoms with E-state index in [1.165, 1.54) is 0 Å². The zero-order valence-electron chi connectivity index (χ0n) is 11.3. The number of carboxylic acid groups (broad SMARTS) is 1. The third-order valence-electron chi connectivity index (χ3n) is 4.40. The molecule has 3 rings (SSSR count). The number of amides is 1. The van der Waals surface area contributed by atoms with Gasteiger partial charge in [-0.15, -0.1) is 0 Å². The Morgan fingerprint density at radius 2 is 1.95 bits per heavy atom. The number of hydrogen-bond acceptors (Lipinski definition) is 2. The van der Waals surface area contributed by atoms with Crippen molar-refractivity contribution in [3.63, 3.8) is 0 Å². The van der Waals surface area contributed by atoms with Gasteiger partial charge in [-0.1, -0.05) is 40.2 Å². The number of halogens is 1. The van der Waals surface area contributed by atoms with E-state index in [4.69, 9.17) is 0 Å². The molecule has 2 aliphatic rings. The molecule has 1 saturated carbocycles. The highest BCUT2D eigenvalue weighted by molar-refractivity contribution is 9.10. The molecule has 2 N–H and O–H groups in total. The molecule has 0 saturated heterocycles. The van der Waals surface area contributed by atoms with Crippen molar-refractivity contribution in [2.45, 2.75) is 13.0 Å². The molecule has 4 atom stereocenters. The molecule has 0 radical (unpaired) electrons. The highest BCUT2D eigenvalue weighted by Crippen LogP contribution is 2.48. The number of allylic oxidation sites excluding steroid dienone is 2. The number of fused-ring (bicyclic) bond motifs is 2. The van der Waals surface area contributed by atoms with E-state index in [1.807, 2.05) is 36.4 Å². The zero-order chi connectivity index (χ0) is 15.0. The van der Waals surface area contributed by atoms with Gasteiger partial charge in [0.2, 0.25) is 5.91 Å². The Morgan fingerprint density at radius 1 is 1.24 bits per heavy atom. The Hall–Kier alpha value is -1.62. The van der Waals surface area contributed by atoms with Crippen LogP contribution in [-0.4, -0.2) is 17.0 Å². The number of rotatable bonds is 4. The van der Waals surface area contributed by atoms with Gasteiger partial charge in [0.1, 0.15) is 0 Å². The van der Waals surface area contributed by atoms with Crippen LogP contribution in [-0.2, 0) is 16.1 Å². The van der Waals surface area contributed by atoms with Crippen LogP contribution < -0.4 is 5.32 Å². The van der Waals surface area contributed by atoms with E-state index in [0.717, 1.165) is 16.5 Å².